The van der Waals surface area contributed by atoms with E-state index in [9.17, 15) is 8.42 Å². The van der Waals surface area contributed by atoms with E-state index in [1.54, 1.807) is 24.3 Å². The number of hydrogen-bond donors (Lipinski definition) is 0. The van der Waals surface area contributed by atoms with Crippen LogP contribution in [0.2, 0.25) is 0 Å². The van der Waals surface area contributed by atoms with Crippen molar-refractivity contribution in [3.8, 4) is 11.5 Å². The first-order valence-electron chi connectivity index (χ1n) is 8.38. The Labute approximate surface area is 150 Å². The van der Waals surface area contributed by atoms with Crippen LogP contribution in [-0.2, 0) is 10.1 Å². The summed E-state index contributed by atoms with van der Waals surface area (Å²) in [5.41, 5.74) is 3.07. The van der Waals surface area contributed by atoms with Gasteiger partial charge in [-0.1, -0.05) is 39.8 Å². The third-order valence-corrected chi connectivity index (χ3v) is 5.47. The van der Waals surface area contributed by atoms with Crippen LogP contribution in [0.4, 0.5) is 0 Å². The highest BCUT2D eigenvalue weighted by Gasteiger charge is 2.24. The van der Waals surface area contributed by atoms with Crippen molar-refractivity contribution in [1.82, 2.24) is 0 Å². The fraction of sp³-hybridized carbons (Fsp3) is 0.400. The summed E-state index contributed by atoms with van der Waals surface area (Å²) in [6.07, 6.45) is 0. The van der Waals surface area contributed by atoms with E-state index in [0.717, 1.165) is 16.7 Å². The Morgan fingerprint density at radius 1 is 0.920 bits per heavy atom. The molecule has 2 aromatic rings. The van der Waals surface area contributed by atoms with Crippen LogP contribution in [0.5, 0.6) is 11.5 Å². The van der Waals surface area contributed by atoms with Gasteiger partial charge in [0.25, 0.3) is 0 Å². The molecule has 0 aromatic heterocycles. The van der Waals surface area contributed by atoms with Gasteiger partial charge in [0.1, 0.15) is 16.4 Å². The number of benzene rings is 2. The van der Waals surface area contributed by atoms with Crippen LogP contribution in [-0.4, -0.2) is 15.5 Å². The summed E-state index contributed by atoms with van der Waals surface area (Å²) in [6, 6.07) is 10.5. The van der Waals surface area contributed by atoms with Crippen LogP contribution in [0.15, 0.2) is 41.3 Å². The molecule has 0 fully saturated rings. The SMILES string of the molecule is COc1cc(C)c(C(C)C)cc1S(=O)(=O)Oc1ccc(C(C)C)cc1. The average Bonchev–Trinajstić information content (AvgIpc) is 2.54. The van der Waals surface area contributed by atoms with Gasteiger partial charge in [0.2, 0.25) is 0 Å². The average molecular weight is 362 g/mol. The molecule has 2 aromatic carbocycles. The molecule has 0 atom stereocenters. The van der Waals surface area contributed by atoms with Crippen LogP contribution in [0, 0.1) is 6.92 Å². The zero-order valence-electron chi connectivity index (χ0n) is 15.7. The van der Waals surface area contributed by atoms with Crippen molar-refractivity contribution in [1.29, 1.82) is 0 Å². The van der Waals surface area contributed by atoms with Gasteiger partial charge < -0.3 is 8.92 Å². The van der Waals surface area contributed by atoms with Gasteiger partial charge in [-0.3, -0.25) is 0 Å². The van der Waals surface area contributed by atoms with Crippen molar-refractivity contribution in [2.45, 2.75) is 51.3 Å². The van der Waals surface area contributed by atoms with Crippen LogP contribution < -0.4 is 8.92 Å². The summed E-state index contributed by atoms with van der Waals surface area (Å²) in [4.78, 5) is 0.0530. The van der Waals surface area contributed by atoms with E-state index in [1.165, 1.54) is 7.11 Å². The molecule has 0 heterocycles. The molecule has 0 saturated carbocycles. The van der Waals surface area contributed by atoms with Gasteiger partial charge in [-0.2, -0.15) is 8.42 Å². The summed E-state index contributed by atoms with van der Waals surface area (Å²) >= 11 is 0. The molecule has 0 aliphatic heterocycles. The molecule has 0 bridgehead atoms. The topological polar surface area (TPSA) is 52.6 Å². The summed E-state index contributed by atoms with van der Waals surface area (Å²) in [7, 11) is -2.53. The van der Waals surface area contributed by atoms with Gasteiger partial charge in [0.05, 0.1) is 7.11 Å². The number of rotatable bonds is 6. The van der Waals surface area contributed by atoms with Crippen LogP contribution in [0.3, 0.4) is 0 Å². The molecule has 0 saturated heterocycles. The van der Waals surface area contributed by atoms with Crippen molar-refractivity contribution >= 4 is 10.1 Å². The summed E-state index contributed by atoms with van der Waals surface area (Å²) in [5, 5.41) is 0. The molecular formula is C20H26O4S. The van der Waals surface area contributed by atoms with E-state index in [4.69, 9.17) is 8.92 Å². The Bertz CT molecular complexity index is 835. The Kier molecular flexibility index (Phi) is 5.78. The Morgan fingerprint density at radius 3 is 2.00 bits per heavy atom. The zero-order chi connectivity index (χ0) is 18.8. The van der Waals surface area contributed by atoms with Gasteiger partial charge in [0.15, 0.2) is 0 Å². The monoisotopic (exact) mass is 362 g/mol. The molecule has 0 aliphatic rings. The van der Waals surface area contributed by atoms with Gasteiger partial charge in [-0.25, -0.2) is 0 Å². The Morgan fingerprint density at radius 2 is 1.52 bits per heavy atom. The van der Waals surface area contributed by atoms with Crippen LogP contribution >= 0.6 is 0 Å². The van der Waals surface area contributed by atoms with Gasteiger partial charge >= 0.3 is 10.1 Å². The van der Waals surface area contributed by atoms with E-state index in [0.29, 0.717) is 11.7 Å². The quantitative estimate of drug-likeness (QED) is 0.677. The molecule has 0 unspecified atom stereocenters. The first-order valence-corrected chi connectivity index (χ1v) is 9.79. The van der Waals surface area contributed by atoms with Crippen LogP contribution in [0.25, 0.3) is 0 Å². The van der Waals surface area contributed by atoms with Crippen molar-refractivity contribution in [2.24, 2.45) is 0 Å². The minimum absolute atomic E-state index is 0.0530. The highest BCUT2D eigenvalue weighted by Crippen LogP contribution is 2.33. The molecule has 2 rings (SSSR count). The second-order valence-electron chi connectivity index (χ2n) is 6.78. The number of ether oxygens (including phenoxy) is 1. The molecule has 0 aliphatic carbocycles. The third-order valence-electron chi connectivity index (χ3n) is 4.20. The number of hydrogen-bond acceptors (Lipinski definition) is 4. The van der Waals surface area contributed by atoms with E-state index >= 15 is 0 Å². The van der Waals surface area contributed by atoms with E-state index < -0.39 is 10.1 Å². The molecule has 5 heteroatoms. The smallest absolute Gasteiger partial charge is 0.342 e. The molecule has 0 spiro atoms. The highest BCUT2D eigenvalue weighted by atomic mass is 32.2. The summed E-state index contributed by atoms with van der Waals surface area (Å²) in [6.45, 7) is 10.2. The first-order chi connectivity index (χ1) is 11.7. The van der Waals surface area contributed by atoms with Crippen molar-refractivity contribution < 1.29 is 17.3 Å². The third kappa shape index (κ3) is 4.34. The van der Waals surface area contributed by atoms with Gasteiger partial charge in [-0.15, -0.1) is 0 Å². The fourth-order valence-corrected chi connectivity index (χ4v) is 3.85. The number of aryl methyl sites for hydroxylation is 1. The molecule has 0 N–H and O–H groups in total. The lowest BCUT2D eigenvalue weighted by Crippen LogP contribution is -2.12. The molecule has 0 radical (unpaired) electrons. The maximum atomic E-state index is 12.8. The van der Waals surface area contributed by atoms with Crippen molar-refractivity contribution in [3.05, 3.63) is 53.1 Å². The first kappa shape index (κ1) is 19.3. The standard InChI is InChI=1S/C20H26O4S/c1-13(2)16-7-9-17(10-8-16)24-25(21,22)20-12-18(14(3)4)15(5)11-19(20)23-6/h7-14H,1-6H3. The maximum Gasteiger partial charge on any atom is 0.342 e. The van der Waals surface area contributed by atoms with E-state index in [1.807, 2.05) is 32.9 Å². The minimum atomic E-state index is -3.99. The Hall–Kier alpha value is -2.01. The number of methoxy groups -OCH3 is 1. The largest absolute Gasteiger partial charge is 0.495 e. The fourth-order valence-electron chi connectivity index (χ4n) is 2.73. The van der Waals surface area contributed by atoms with Crippen molar-refractivity contribution in [3.63, 3.8) is 0 Å². The molecular weight excluding hydrogens is 336 g/mol. The van der Waals surface area contributed by atoms with Gasteiger partial charge in [0, 0.05) is 0 Å². The van der Waals surface area contributed by atoms with Crippen molar-refractivity contribution in [2.75, 3.05) is 7.11 Å². The van der Waals surface area contributed by atoms with Crippen LogP contribution in [0.1, 0.15) is 56.2 Å². The van der Waals surface area contributed by atoms with E-state index in [-0.39, 0.29) is 16.6 Å². The predicted octanol–water partition coefficient (Wildman–Crippen LogP) is 5.02. The lowest BCUT2D eigenvalue weighted by molar-refractivity contribution is 0.397. The van der Waals surface area contributed by atoms with Gasteiger partial charge in [-0.05, 0) is 59.7 Å². The second kappa shape index (κ2) is 7.48. The lowest BCUT2D eigenvalue weighted by Gasteiger charge is -2.16. The summed E-state index contributed by atoms with van der Waals surface area (Å²) < 4.78 is 36.2. The second-order valence-corrected chi connectivity index (χ2v) is 8.29. The zero-order valence-corrected chi connectivity index (χ0v) is 16.5. The minimum Gasteiger partial charge on any atom is -0.495 e. The highest BCUT2D eigenvalue weighted by molar-refractivity contribution is 7.87. The summed E-state index contributed by atoms with van der Waals surface area (Å²) in [5.74, 6) is 1.15. The predicted molar refractivity (Wildman–Crippen MR) is 100 cm³/mol. The molecule has 25 heavy (non-hydrogen) atoms. The maximum absolute atomic E-state index is 12.8. The normalized spacial score (nSPS) is 11.8. The molecule has 4 nitrogen and oxygen atoms in total. The Balaban J connectivity index is 2.43. The van der Waals surface area contributed by atoms with E-state index in [2.05, 4.69) is 13.8 Å². The molecule has 136 valence electrons. The lowest BCUT2D eigenvalue weighted by atomic mass is 9.98. The molecule has 0 amide bonds.